The lowest BCUT2D eigenvalue weighted by atomic mass is 10.0. The summed E-state index contributed by atoms with van der Waals surface area (Å²) < 4.78 is 31.5. The zero-order chi connectivity index (χ0) is 15.2. The molecule has 0 radical (unpaired) electrons. The van der Waals surface area contributed by atoms with E-state index in [0.717, 1.165) is 36.6 Å². The van der Waals surface area contributed by atoms with E-state index in [1.807, 2.05) is 13.0 Å². The predicted octanol–water partition coefficient (Wildman–Crippen LogP) is 4.85. The fourth-order valence-corrected chi connectivity index (χ4v) is 2.47. The SMILES string of the molecule is COc1ccc(CCCCc2ccc(F)cc2F)cc1C. The number of methoxy groups -OCH3 is 1. The van der Waals surface area contributed by atoms with Gasteiger partial charge in [-0.05, 0) is 61.4 Å². The van der Waals surface area contributed by atoms with Crippen LogP contribution in [0.5, 0.6) is 5.75 Å². The summed E-state index contributed by atoms with van der Waals surface area (Å²) in [5.74, 6) is -0.0765. The Hall–Kier alpha value is -1.90. The van der Waals surface area contributed by atoms with E-state index in [0.29, 0.717) is 12.0 Å². The van der Waals surface area contributed by atoms with Crippen LogP contribution in [0.15, 0.2) is 36.4 Å². The zero-order valence-electron chi connectivity index (χ0n) is 12.5. The molecule has 0 aromatic heterocycles. The molecule has 0 aliphatic rings. The van der Waals surface area contributed by atoms with Gasteiger partial charge in [0.05, 0.1) is 7.11 Å². The molecule has 2 rings (SSSR count). The number of hydrogen-bond donors (Lipinski definition) is 0. The van der Waals surface area contributed by atoms with Crippen molar-refractivity contribution in [3.8, 4) is 5.75 Å². The highest BCUT2D eigenvalue weighted by atomic mass is 19.1. The molecule has 0 saturated heterocycles. The topological polar surface area (TPSA) is 9.23 Å². The van der Waals surface area contributed by atoms with Crippen molar-refractivity contribution in [3.05, 3.63) is 64.7 Å². The number of aryl methyl sites for hydroxylation is 3. The number of benzene rings is 2. The van der Waals surface area contributed by atoms with Gasteiger partial charge in [-0.1, -0.05) is 18.2 Å². The van der Waals surface area contributed by atoms with E-state index < -0.39 is 11.6 Å². The second-order valence-corrected chi connectivity index (χ2v) is 5.25. The summed E-state index contributed by atoms with van der Waals surface area (Å²) in [7, 11) is 1.67. The minimum atomic E-state index is -0.523. The van der Waals surface area contributed by atoms with Crippen LogP contribution in [-0.4, -0.2) is 7.11 Å². The summed E-state index contributed by atoms with van der Waals surface area (Å²) in [5.41, 5.74) is 2.97. The maximum atomic E-state index is 13.5. The van der Waals surface area contributed by atoms with E-state index in [9.17, 15) is 8.78 Å². The lowest BCUT2D eigenvalue weighted by Crippen LogP contribution is -1.94. The standard InChI is InChI=1S/C18H20F2O/c1-13-11-14(7-10-18(13)21-2)5-3-4-6-15-8-9-16(19)12-17(15)20/h7-12H,3-6H2,1-2H3. The Balaban J connectivity index is 1.83. The molecule has 1 nitrogen and oxygen atoms in total. The van der Waals surface area contributed by atoms with Gasteiger partial charge in [-0.3, -0.25) is 0 Å². The van der Waals surface area contributed by atoms with Gasteiger partial charge < -0.3 is 4.74 Å². The molecular formula is C18H20F2O. The third-order valence-electron chi connectivity index (χ3n) is 3.64. The highest BCUT2D eigenvalue weighted by Gasteiger charge is 2.04. The fraction of sp³-hybridized carbons (Fsp3) is 0.333. The van der Waals surface area contributed by atoms with Crippen molar-refractivity contribution in [2.75, 3.05) is 7.11 Å². The summed E-state index contributed by atoms with van der Waals surface area (Å²) >= 11 is 0. The lowest BCUT2D eigenvalue weighted by Gasteiger charge is -2.08. The average Bonchev–Trinajstić information content (AvgIpc) is 2.45. The molecule has 0 unspecified atom stereocenters. The minimum absolute atomic E-state index is 0.449. The molecule has 0 aliphatic heterocycles. The Morgan fingerprint density at radius 3 is 2.38 bits per heavy atom. The molecule has 0 N–H and O–H groups in total. The Morgan fingerprint density at radius 2 is 1.71 bits per heavy atom. The van der Waals surface area contributed by atoms with E-state index in [1.165, 1.54) is 17.7 Å². The van der Waals surface area contributed by atoms with Crippen LogP contribution in [0.1, 0.15) is 29.5 Å². The highest BCUT2D eigenvalue weighted by molar-refractivity contribution is 5.36. The third-order valence-corrected chi connectivity index (χ3v) is 3.64. The van der Waals surface area contributed by atoms with Crippen LogP contribution in [-0.2, 0) is 12.8 Å². The molecule has 0 amide bonds. The molecule has 0 atom stereocenters. The summed E-state index contributed by atoms with van der Waals surface area (Å²) in [4.78, 5) is 0. The lowest BCUT2D eigenvalue weighted by molar-refractivity contribution is 0.411. The van der Waals surface area contributed by atoms with Crippen molar-refractivity contribution >= 4 is 0 Å². The highest BCUT2D eigenvalue weighted by Crippen LogP contribution is 2.20. The van der Waals surface area contributed by atoms with Crippen molar-refractivity contribution in [2.24, 2.45) is 0 Å². The van der Waals surface area contributed by atoms with E-state index in [2.05, 4.69) is 12.1 Å². The molecule has 112 valence electrons. The van der Waals surface area contributed by atoms with Crippen molar-refractivity contribution in [1.82, 2.24) is 0 Å². The molecule has 0 spiro atoms. The van der Waals surface area contributed by atoms with Crippen LogP contribution in [0, 0.1) is 18.6 Å². The molecule has 0 bridgehead atoms. The summed E-state index contributed by atoms with van der Waals surface area (Å²) in [6.45, 7) is 2.02. The molecule has 3 heteroatoms. The molecule has 0 saturated carbocycles. The Kier molecular flexibility index (Phi) is 5.32. The molecule has 21 heavy (non-hydrogen) atoms. The van der Waals surface area contributed by atoms with Crippen LogP contribution in [0.4, 0.5) is 8.78 Å². The fourth-order valence-electron chi connectivity index (χ4n) is 2.47. The van der Waals surface area contributed by atoms with Gasteiger partial charge in [0.25, 0.3) is 0 Å². The molecular weight excluding hydrogens is 270 g/mol. The molecule has 0 aliphatic carbocycles. The van der Waals surface area contributed by atoms with Crippen molar-refractivity contribution < 1.29 is 13.5 Å². The second kappa shape index (κ2) is 7.21. The number of rotatable bonds is 6. The van der Waals surface area contributed by atoms with Crippen LogP contribution in [0.3, 0.4) is 0 Å². The first-order valence-corrected chi connectivity index (χ1v) is 7.17. The predicted molar refractivity (Wildman–Crippen MR) is 80.7 cm³/mol. The first-order chi connectivity index (χ1) is 10.1. The summed E-state index contributed by atoms with van der Waals surface area (Å²) in [5, 5.41) is 0. The normalized spacial score (nSPS) is 10.7. The zero-order valence-corrected chi connectivity index (χ0v) is 12.5. The molecule has 2 aromatic rings. The number of unbranched alkanes of at least 4 members (excludes halogenated alkanes) is 1. The molecule has 2 aromatic carbocycles. The Bertz CT molecular complexity index is 608. The Labute approximate surface area is 124 Å². The average molecular weight is 290 g/mol. The van der Waals surface area contributed by atoms with Gasteiger partial charge in [0.2, 0.25) is 0 Å². The van der Waals surface area contributed by atoms with Crippen LogP contribution >= 0.6 is 0 Å². The molecule has 0 heterocycles. The van der Waals surface area contributed by atoms with Gasteiger partial charge in [0, 0.05) is 6.07 Å². The van der Waals surface area contributed by atoms with Gasteiger partial charge in [-0.25, -0.2) is 8.78 Å². The number of halogens is 2. The van der Waals surface area contributed by atoms with Crippen LogP contribution in [0.25, 0.3) is 0 Å². The van der Waals surface area contributed by atoms with E-state index >= 15 is 0 Å². The monoisotopic (exact) mass is 290 g/mol. The van der Waals surface area contributed by atoms with Gasteiger partial charge in [-0.15, -0.1) is 0 Å². The maximum Gasteiger partial charge on any atom is 0.129 e. The van der Waals surface area contributed by atoms with Crippen molar-refractivity contribution in [3.63, 3.8) is 0 Å². The van der Waals surface area contributed by atoms with Gasteiger partial charge in [0.15, 0.2) is 0 Å². The summed E-state index contributed by atoms with van der Waals surface area (Å²) in [6.07, 6.45) is 3.45. The second-order valence-electron chi connectivity index (χ2n) is 5.25. The maximum absolute atomic E-state index is 13.5. The van der Waals surface area contributed by atoms with Gasteiger partial charge in [-0.2, -0.15) is 0 Å². The van der Waals surface area contributed by atoms with E-state index in [-0.39, 0.29) is 0 Å². The number of ether oxygens (including phenoxy) is 1. The first kappa shape index (κ1) is 15.5. The first-order valence-electron chi connectivity index (χ1n) is 7.17. The molecule has 0 fully saturated rings. The van der Waals surface area contributed by atoms with Crippen molar-refractivity contribution in [2.45, 2.75) is 32.6 Å². The number of hydrogen-bond acceptors (Lipinski definition) is 1. The van der Waals surface area contributed by atoms with E-state index in [4.69, 9.17) is 4.74 Å². The van der Waals surface area contributed by atoms with Crippen LogP contribution in [0.2, 0.25) is 0 Å². The van der Waals surface area contributed by atoms with Gasteiger partial charge in [0.1, 0.15) is 17.4 Å². The van der Waals surface area contributed by atoms with Crippen molar-refractivity contribution in [1.29, 1.82) is 0 Å². The smallest absolute Gasteiger partial charge is 0.129 e. The quantitative estimate of drug-likeness (QED) is 0.691. The minimum Gasteiger partial charge on any atom is -0.496 e. The van der Waals surface area contributed by atoms with Crippen LogP contribution < -0.4 is 4.74 Å². The largest absolute Gasteiger partial charge is 0.496 e. The third kappa shape index (κ3) is 4.28. The summed E-state index contributed by atoms with van der Waals surface area (Å²) in [6, 6.07) is 9.95. The van der Waals surface area contributed by atoms with Gasteiger partial charge >= 0.3 is 0 Å². The Morgan fingerprint density at radius 1 is 0.952 bits per heavy atom. The van der Waals surface area contributed by atoms with E-state index in [1.54, 1.807) is 7.11 Å².